The summed E-state index contributed by atoms with van der Waals surface area (Å²) in [4.78, 5) is 26.4. The fourth-order valence-electron chi connectivity index (χ4n) is 4.40. The fraction of sp³-hybridized carbons (Fsp3) is 0.280. The zero-order valence-electron chi connectivity index (χ0n) is 18.5. The molecular weight excluding hydrogens is 446 g/mol. The van der Waals surface area contributed by atoms with Crippen LogP contribution in [-0.4, -0.2) is 35.0 Å². The number of hydrogen-bond acceptors (Lipinski definition) is 5. The first-order chi connectivity index (χ1) is 16.1. The highest BCUT2D eigenvalue weighted by atomic mass is 19.2. The van der Waals surface area contributed by atoms with Gasteiger partial charge in [0.1, 0.15) is 11.6 Å². The van der Waals surface area contributed by atoms with E-state index in [4.69, 9.17) is 9.47 Å². The van der Waals surface area contributed by atoms with Crippen molar-refractivity contribution < 1.29 is 33.0 Å². The van der Waals surface area contributed by atoms with Crippen molar-refractivity contribution in [2.45, 2.75) is 37.3 Å². The van der Waals surface area contributed by atoms with Crippen molar-refractivity contribution in [1.82, 2.24) is 10.2 Å². The molecule has 2 N–H and O–H groups in total. The second-order valence-corrected chi connectivity index (χ2v) is 8.77. The SMILES string of the molecule is CN1C(NC(=O)C2(c3ccc4c(c3)OC(C)(F)O4)CC2)=CC=CC1c1ccc(F)c(C(=O)O)c1. The Bertz CT molecular complexity index is 1270. The molecule has 1 saturated carbocycles. The monoisotopic (exact) mass is 468 g/mol. The van der Waals surface area contributed by atoms with Crippen molar-refractivity contribution in [3.05, 3.63) is 83.0 Å². The van der Waals surface area contributed by atoms with Crippen molar-refractivity contribution in [2.75, 3.05) is 7.05 Å². The van der Waals surface area contributed by atoms with E-state index < -0.39 is 34.8 Å². The third-order valence-corrected chi connectivity index (χ3v) is 6.41. The molecule has 2 unspecified atom stereocenters. The van der Waals surface area contributed by atoms with E-state index in [9.17, 15) is 23.5 Å². The van der Waals surface area contributed by atoms with Gasteiger partial charge in [0, 0.05) is 14.0 Å². The molecule has 0 saturated heterocycles. The summed E-state index contributed by atoms with van der Waals surface area (Å²) in [6.07, 6.45) is 6.57. The quantitative estimate of drug-likeness (QED) is 0.685. The summed E-state index contributed by atoms with van der Waals surface area (Å²) in [6, 6.07) is 6.28. The predicted molar refractivity (Wildman–Crippen MR) is 117 cm³/mol. The van der Waals surface area contributed by atoms with E-state index in [1.54, 1.807) is 42.3 Å². The molecule has 3 aliphatic rings. The number of ether oxygens (including phenoxy) is 2. The average Bonchev–Trinajstić information content (AvgIpc) is 3.52. The minimum Gasteiger partial charge on any atom is -0.478 e. The average molecular weight is 468 g/mol. The molecule has 1 aliphatic carbocycles. The Kier molecular flexibility index (Phi) is 4.89. The highest BCUT2D eigenvalue weighted by molar-refractivity contribution is 5.92. The van der Waals surface area contributed by atoms with Crippen LogP contribution in [0.3, 0.4) is 0 Å². The van der Waals surface area contributed by atoms with Gasteiger partial charge in [-0.15, -0.1) is 0 Å². The second-order valence-electron chi connectivity index (χ2n) is 8.77. The number of hydrogen-bond donors (Lipinski definition) is 2. The van der Waals surface area contributed by atoms with Gasteiger partial charge in [-0.3, -0.25) is 4.79 Å². The summed E-state index contributed by atoms with van der Waals surface area (Å²) < 4.78 is 38.1. The van der Waals surface area contributed by atoms with E-state index in [0.717, 1.165) is 6.07 Å². The Morgan fingerprint density at radius 3 is 2.59 bits per heavy atom. The maximum atomic E-state index is 14.0. The van der Waals surface area contributed by atoms with Crippen LogP contribution in [0.2, 0.25) is 0 Å². The van der Waals surface area contributed by atoms with Crippen LogP contribution < -0.4 is 14.8 Å². The maximum absolute atomic E-state index is 14.0. The molecule has 5 rings (SSSR count). The fourth-order valence-corrected chi connectivity index (χ4v) is 4.40. The molecular formula is C25H22F2N2O5. The molecule has 0 spiro atoms. The van der Waals surface area contributed by atoms with E-state index >= 15 is 0 Å². The predicted octanol–water partition coefficient (Wildman–Crippen LogP) is 4.17. The lowest BCUT2D eigenvalue weighted by molar-refractivity contribution is -0.173. The van der Waals surface area contributed by atoms with E-state index in [2.05, 4.69) is 5.32 Å². The number of rotatable bonds is 5. The third-order valence-electron chi connectivity index (χ3n) is 6.41. The zero-order valence-corrected chi connectivity index (χ0v) is 18.5. The highest BCUT2D eigenvalue weighted by Gasteiger charge is 2.52. The lowest BCUT2D eigenvalue weighted by atomic mass is 9.94. The van der Waals surface area contributed by atoms with Gasteiger partial charge in [-0.2, -0.15) is 4.39 Å². The normalized spacial score (nSPS) is 23.9. The van der Waals surface area contributed by atoms with Crippen LogP contribution in [0, 0.1) is 5.82 Å². The lowest BCUT2D eigenvalue weighted by Gasteiger charge is -2.33. The van der Waals surface area contributed by atoms with Gasteiger partial charge in [-0.05, 0) is 54.3 Å². The lowest BCUT2D eigenvalue weighted by Crippen LogP contribution is -2.41. The number of nitrogens with zero attached hydrogens (tertiary/aromatic N) is 1. The van der Waals surface area contributed by atoms with Gasteiger partial charge in [0.2, 0.25) is 5.91 Å². The molecule has 2 heterocycles. The van der Waals surface area contributed by atoms with Gasteiger partial charge < -0.3 is 24.8 Å². The Morgan fingerprint density at radius 2 is 1.88 bits per heavy atom. The van der Waals surface area contributed by atoms with Gasteiger partial charge in [0.25, 0.3) is 0 Å². The van der Waals surface area contributed by atoms with Crippen molar-refractivity contribution in [1.29, 1.82) is 0 Å². The van der Waals surface area contributed by atoms with Crippen LogP contribution >= 0.6 is 0 Å². The molecule has 2 aromatic rings. The van der Waals surface area contributed by atoms with Gasteiger partial charge in [-0.1, -0.05) is 24.3 Å². The van der Waals surface area contributed by atoms with Crippen molar-refractivity contribution in [3.8, 4) is 11.5 Å². The number of allylic oxidation sites excluding steroid dienone is 2. The first kappa shape index (κ1) is 21.9. The van der Waals surface area contributed by atoms with Gasteiger partial charge in [-0.25, -0.2) is 9.18 Å². The van der Waals surface area contributed by atoms with Crippen LogP contribution in [0.1, 0.15) is 47.3 Å². The van der Waals surface area contributed by atoms with Crippen LogP contribution in [-0.2, 0) is 10.2 Å². The van der Waals surface area contributed by atoms with Gasteiger partial charge in [0.05, 0.1) is 17.0 Å². The molecule has 34 heavy (non-hydrogen) atoms. The summed E-state index contributed by atoms with van der Waals surface area (Å²) in [5.41, 5.74) is 0.103. The molecule has 0 radical (unpaired) electrons. The molecule has 1 fully saturated rings. The molecule has 176 valence electrons. The summed E-state index contributed by atoms with van der Waals surface area (Å²) in [7, 11) is 1.76. The first-order valence-corrected chi connectivity index (χ1v) is 10.8. The zero-order chi connectivity index (χ0) is 24.3. The van der Waals surface area contributed by atoms with Crippen LogP contribution in [0.4, 0.5) is 8.78 Å². The van der Waals surface area contributed by atoms with Crippen molar-refractivity contribution in [3.63, 3.8) is 0 Å². The molecule has 2 aliphatic heterocycles. The molecule has 1 amide bonds. The standard InChI is InChI=1S/C25H22F2N2O5/c1-24(27)33-19-9-7-15(13-20(19)34-24)25(10-11-25)23(32)28-21-5-3-4-18(29(21)2)14-6-8-17(26)16(12-14)22(30)31/h3-9,12-13,18H,10-11H2,1-2H3,(H,28,32)(H,30,31). The number of halogens is 2. The van der Waals surface area contributed by atoms with E-state index in [0.29, 0.717) is 29.8 Å². The molecule has 2 aromatic carbocycles. The van der Waals surface area contributed by atoms with Crippen molar-refractivity contribution in [2.24, 2.45) is 0 Å². The largest absolute Gasteiger partial charge is 0.478 e. The van der Waals surface area contributed by atoms with Crippen LogP contribution in [0.5, 0.6) is 11.5 Å². The maximum Gasteiger partial charge on any atom is 0.404 e. The number of carboxylic acid groups (broad SMARTS) is 1. The van der Waals surface area contributed by atoms with Crippen molar-refractivity contribution >= 4 is 11.9 Å². The topological polar surface area (TPSA) is 88.1 Å². The minimum atomic E-state index is -2.24. The number of aromatic carboxylic acids is 1. The number of fused-ring (bicyclic) bond motifs is 1. The van der Waals surface area contributed by atoms with Crippen LogP contribution in [0.25, 0.3) is 0 Å². The van der Waals surface area contributed by atoms with Gasteiger partial charge in [0.15, 0.2) is 11.5 Å². The van der Waals surface area contributed by atoms with Crippen LogP contribution in [0.15, 0.2) is 60.4 Å². The minimum absolute atomic E-state index is 0.216. The third kappa shape index (κ3) is 3.67. The number of carbonyl (C=O) groups excluding carboxylic acids is 1. The molecule has 0 bridgehead atoms. The Balaban J connectivity index is 1.35. The number of likely N-dealkylation sites (N-methyl/N-ethyl adjacent to an activating group) is 1. The molecule has 7 nitrogen and oxygen atoms in total. The van der Waals surface area contributed by atoms with E-state index in [1.165, 1.54) is 19.1 Å². The number of alkyl halides is 1. The molecule has 9 heteroatoms. The summed E-state index contributed by atoms with van der Waals surface area (Å²) >= 11 is 0. The first-order valence-electron chi connectivity index (χ1n) is 10.8. The number of benzene rings is 2. The summed E-state index contributed by atoms with van der Waals surface area (Å²) in [6.45, 7) is 1.17. The number of carboxylic acids is 1. The van der Waals surface area contributed by atoms with E-state index in [-0.39, 0.29) is 17.4 Å². The number of carbonyl (C=O) groups is 2. The smallest absolute Gasteiger partial charge is 0.404 e. The molecule has 2 atom stereocenters. The summed E-state index contributed by atoms with van der Waals surface area (Å²) in [5.74, 6) is -1.32. The number of nitrogens with one attached hydrogen (secondary N) is 1. The second kappa shape index (κ2) is 7.58. The number of amides is 1. The Hall–Kier alpha value is -3.88. The summed E-state index contributed by atoms with van der Waals surface area (Å²) in [5, 5.41) is 12.2. The van der Waals surface area contributed by atoms with Gasteiger partial charge >= 0.3 is 12.0 Å². The molecule has 0 aromatic heterocycles. The van der Waals surface area contributed by atoms with E-state index in [1.807, 2.05) is 6.08 Å². The Morgan fingerprint density at radius 1 is 1.15 bits per heavy atom. The Labute approximate surface area is 194 Å². The highest BCUT2D eigenvalue weighted by Crippen LogP contribution is 2.52.